The quantitative estimate of drug-likeness (QED) is 0.371. The highest BCUT2D eigenvalue weighted by Crippen LogP contribution is 2.28. The SMILES string of the molecule is C=C(C(C(=O)c1c[nH]c(C(=O)N2CCCCC2)c1)=C(C)C)c1ccc(Br)cc1. The molecule has 5 heteroatoms. The van der Waals surface area contributed by atoms with Crippen molar-refractivity contribution in [3.63, 3.8) is 0 Å². The van der Waals surface area contributed by atoms with Crippen molar-refractivity contribution in [3.05, 3.63) is 75.5 Å². The van der Waals surface area contributed by atoms with Gasteiger partial charge in [-0.05, 0) is 62.4 Å². The van der Waals surface area contributed by atoms with E-state index < -0.39 is 0 Å². The molecular weight excluding hydrogens is 416 g/mol. The summed E-state index contributed by atoms with van der Waals surface area (Å²) in [7, 11) is 0. The van der Waals surface area contributed by atoms with Crippen molar-refractivity contribution in [2.24, 2.45) is 0 Å². The predicted octanol–water partition coefficient (Wildman–Crippen LogP) is 5.64. The van der Waals surface area contributed by atoms with E-state index in [-0.39, 0.29) is 11.7 Å². The topological polar surface area (TPSA) is 53.2 Å². The fourth-order valence-electron chi connectivity index (χ4n) is 3.52. The first-order chi connectivity index (χ1) is 13.4. The molecule has 1 aliphatic rings. The first-order valence-corrected chi connectivity index (χ1v) is 10.3. The van der Waals surface area contributed by atoms with Crippen LogP contribution in [-0.4, -0.2) is 34.7 Å². The number of hydrogen-bond acceptors (Lipinski definition) is 2. The van der Waals surface area contributed by atoms with Crippen LogP contribution in [0.4, 0.5) is 0 Å². The van der Waals surface area contributed by atoms with Gasteiger partial charge in [-0.1, -0.05) is 40.2 Å². The Labute approximate surface area is 174 Å². The minimum Gasteiger partial charge on any atom is -0.356 e. The van der Waals surface area contributed by atoms with Crippen LogP contribution >= 0.6 is 15.9 Å². The summed E-state index contributed by atoms with van der Waals surface area (Å²) in [6.45, 7) is 9.53. The zero-order valence-electron chi connectivity index (χ0n) is 16.3. The number of nitrogens with zero attached hydrogens (tertiary/aromatic N) is 1. The van der Waals surface area contributed by atoms with Gasteiger partial charge in [0.2, 0.25) is 0 Å². The highest BCUT2D eigenvalue weighted by atomic mass is 79.9. The Morgan fingerprint density at radius 3 is 2.29 bits per heavy atom. The summed E-state index contributed by atoms with van der Waals surface area (Å²) in [5.41, 5.74) is 4.00. The summed E-state index contributed by atoms with van der Waals surface area (Å²) in [6.07, 6.45) is 4.86. The zero-order chi connectivity index (χ0) is 20.3. The van der Waals surface area contributed by atoms with Crippen LogP contribution in [-0.2, 0) is 0 Å². The number of carbonyl (C=O) groups is 2. The van der Waals surface area contributed by atoms with Gasteiger partial charge < -0.3 is 9.88 Å². The summed E-state index contributed by atoms with van der Waals surface area (Å²) < 4.78 is 0.973. The number of hydrogen-bond donors (Lipinski definition) is 1. The molecule has 1 fully saturated rings. The van der Waals surface area contributed by atoms with Gasteiger partial charge >= 0.3 is 0 Å². The van der Waals surface area contributed by atoms with Crippen molar-refractivity contribution < 1.29 is 9.59 Å². The van der Waals surface area contributed by atoms with E-state index in [9.17, 15) is 9.59 Å². The van der Waals surface area contributed by atoms with Crippen molar-refractivity contribution in [2.75, 3.05) is 13.1 Å². The molecule has 2 heterocycles. The lowest BCUT2D eigenvalue weighted by Crippen LogP contribution is -2.35. The van der Waals surface area contributed by atoms with Crippen molar-refractivity contribution in [3.8, 4) is 0 Å². The standard InChI is InChI=1S/C23H25BrN2O2/c1-15(2)21(16(3)17-7-9-19(24)10-8-17)22(27)18-13-20(25-14-18)23(28)26-11-5-4-6-12-26/h7-10,13-14,25H,3-6,11-12H2,1-2H3. The highest BCUT2D eigenvalue weighted by Gasteiger charge is 2.23. The van der Waals surface area contributed by atoms with Gasteiger partial charge in [0, 0.05) is 34.9 Å². The number of Topliss-reactive ketones (excluding diaryl/α,β-unsaturated/α-hetero) is 1. The zero-order valence-corrected chi connectivity index (χ0v) is 17.9. The van der Waals surface area contributed by atoms with E-state index in [1.165, 1.54) is 6.42 Å². The second kappa shape index (κ2) is 8.74. The minimum atomic E-state index is -0.123. The lowest BCUT2D eigenvalue weighted by atomic mass is 9.91. The average molecular weight is 441 g/mol. The van der Waals surface area contributed by atoms with Gasteiger partial charge in [0.1, 0.15) is 5.69 Å². The third-order valence-corrected chi connectivity index (χ3v) is 5.57. The van der Waals surface area contributed by atoms with Crippen LogP contribution in [0.2, 0.25) is 0 Å². The third-order valence-electron chi connectivity index (χ3n) is 5.04. The number of piperidine rings is 1. The Morgan fingerprint density at radius 1 is 1.04 bits per heavy atom. The molecule has 28 heavy (non-hydrogen) atoms. The van der Waals surface area contributed by atoms with E-state index >= 15 is 0 Å². The lowest BCUT2D eigenvalue weighted by molar-refractivity contribution is 0.0719. The number of aromatic nitrogens is 1. The first kappa shape index (κ1) is 20.3. The summed E-state index contributed by atoms with van der Waals surface area (Å²) in [5.74, 6) is -0.161. The van der Waals surface area contributed by atoms with E-state index in [1.54, 1.807) is 12.3 Å². The first-order valence-electron chi connectivity index (χ1n) is 9.53. The number of halogens is 1. The van der Waals surface area contributed by atoms with Crippen LogP contribution in [0.1, 0.15) is 59.5 Å². The second-order valence-corrected chi connectivity index (χ2v) is 8.26. The fraction of sp³-hybridized carbons (Fsp3) is 0.304. The van der Waals surface area contributed by atoms with Crippen LogP contribution in [0.25, 0.3) is 5.57 Å². The predicted molar refractivity (Wildman–Crippen MR) is 116 cm³/mol. The number of amides is 1. The van der Waals surface area contributed by atoms with E-state index in [0.717, 1.165) is 41.5 Å². The van der Waals surface area contributed by atoms with Crippen LogP contribution in [0.5, 0.6) is 0 Å². The van der Waals surface area contributed by atoms with Gasteiger partial charge in [-0.15, -0.1) is 0 Å². The van der Waals surface area contributed by atoms with Crippen LogP contribution in [0.3, 0.4) is 0 Å². The second-order valence-electron chi connectivity index (χ2n) is 7.34. The van der Waals surface area contributed by atoms with Gasteiger partial charge in [-0.25, -0.2) is 0 Å². The number of allylic oxidation sites excluding steroid dienone is 3. The number of H-pyrrole nitrogens is 1. The molecular formula is C23H25BrN2O2. The lowest BCUT2D eigenvalue weighted by Gasteiger charge is -2.26. The molecule has 1 aromatic carbocycles. The van der Waals surface area contributed by atoms with Gasteiger partial charge in [0.15, 0.2) is 5.78 Å². The molecule has 146 valence electrons. The maximum absolute atomic E-state index is 13.2. The molecule has 0 radical (unpaired) electrons. The minimum absolute atomic E-state index is 0.0377. The largest absolute Gasteiger partial charge is 0.356 e. The van der Waals surface area contributed by atoms with Crippen molar-refractivity contribution in [1.82, 2.24) is 9.88 Å². The summed E-state index contributed by atoms with van der Waals surface area (Å²) in [6, 6.07) is 9.39. The number of ketones is 1. The monoisotopic (exact) mass is 440 g/mol. The third kappa shape index (κ3) is 4.36. The highest BCUT2D eigenvalue weighted by molar-refractivity contribution is 9.10. The van der Waals surface area contributed by atoms with E-state index in [4.69, 9.17) is 0 Å². The molecule has 4 nitrogen and oxygen atoms in total. The normalized spacial score (nSPS) is 13.9. The van der Waals surface area contributed by atoms with E-state index in [1.807, 2.05) is 43.0 Å². The molecule has 0 bridgehead atoms. The maximum Gasteiger partial charge on any atom is 0.270 e. The number of nitrogens with one attached hydrogen (secondary N) is 1. The molecule has 1 aromatic heterocycles. The van der Waals surface area contributed by atoms with Crippen LogP contribution in [0.15, 0.2) is 58.7 Å². The molecule has 1 aliphatic heterocycles. The van der Waals surface area contributed by atoms with E-state index in [0.29, 0.717) is 22.4 Å². The molecule has 2 aromatic rings. The van der Waals surface area contributed by atoms with Gasteiger partial charge in [-0.2, -0.15) is 0 Å². The molecule has 1 amide bonds. The number of aromatic amines is 1. The smallest absolute Gasteiger partial charge is 0.270 e. The molecule has 3 rings (SSSR count). The molecule has 0 spiro atoms. The van der Waals surface area contributed by atoms with Gasteiger partial charge in [0.25, 0.3) is 5.91 Å². The summed E-state index contributed by atoms with van der Waals surface area (Å²) >= 11 is 3.43. The van der Waals surface area contributed by atoms with Crippen molar-refractivity contribution >= 4 is 33.2 Å². The average Bonchev–Trinajstić information content (AvgIpc) is 3.18. The van der Waals surface area contributed by atoms with E-state index in [2.05, 4.69) is 27.5 Å². The Bertz CT molecular complexity index is 928. The van der Waals surface area contributed by atoms with Crippen LogP contribution < -0.4 is 0 Å². The van der Waals surface area contributed by atoms with Crippen molar-refractivity contribution in [1.29, 1.82) is 0 Å². The summed E-state index contributed by atoms with van der Waals surface area (Å²) in [5, 5.41) is 0. The number of likely N-dealkylation sites (tertiary alicyclic amines) is 1. The number of carbonyl (C=O) groups excluding carboxylic acids is 2. The molecule has 0 saturated carbocycles. The Morgan fingerprint density at radius 2 is 1.68 bits per heavy atom. The Balaban J connectivity index is 1.84. The fourth-order valence-corrected chi connectivity index (χ4v) is 3.79. The van der Waals surface area contributed by atoms with Gasteiger partial charge in [-0.3, -0.25) is 9.59 Å². The number of benzene rings is 1. The van der Waals surface area contributed by atoms with Crippen LogP contribution in [0, 0.1) is 0 Å². The Kier molecular flexibility index (Phi) is 6.35. The molecule has 1 N–H and O–H groups in total. The maximum atomic E-state index is 13.2. The van der Waals surface area contributed by atoms with Gasteiger partial charge in [0.05, 0.1) is 0 Å². The Hall–Kier alpha value is -2.40. The molecule has 1 saturated heterocycles. The van der Waals surface area contributed by atoms with Crippen molar-refractivity contribution in [2.45, 2.75) is 33.1 Å². The molecule has 0 atom stereocenters. The molecule has 0 unspecified atom stereocenters. The molecule has 0 aliphatic carbocycles. The number of rotatable bonds is 5. The summed E-state index contributed by atoms with van der Waals surface area (Å²) in [4.78, 5) is 30.7.